The molecule has 2 aromatic carbocycles. The van der Waals surface area contributed by atoms with Crippen LogP contribution in [-0.4, -0.2) is 0 Å². The Morgan fingerprint density at radius 1 is 1.18 bits per heavy atom. The zero-order chi connectivity index (χ0) is 12.3. The third kappa shape index (κ3) is 3.45. The van der Waals surface area contributed by atoms with Crippen molar-refractivity contribution in [1.82, 2.24) is 0 Å². The van der Waals surface area contributed by atoms with Crippen LogP contribution >= 0.6 is 38.5 Å². The zero-order valence-corrected chi connectivity index (χ0v) is 13.2. The van der Waals surface area contributed by atoms with E-state index in [0.717, 1.165) is 16.7 Å². The van der Waals surface area contributed by atoms with Crippen LogP contribution in [0.25, 0.3) is 0 Å². The smallest absolute Gasteiger partial charge is 0.0488 e. The molecule has 0 spiro atoms. The van der Waals surface area contributed by atoms with Gasteiger partial charge in [-0.05, 0) is 74.8 Å². The normalized spacial score (nSPS) is 10.3. The predicted octanol–water partition coefficient (Wildman–Crippen LogP) is 4.97. The maximum Gasteiger partial charge on any atom is 0.0488 e. The van der Waals surface area contributed by atoms with Gasteiger partial charge in [0.05, 0.1) is 0 Å². The molecule has 0 aliphatic heterocycles. The number of hydrogen-bond acceptors (Lipinski definition) is 1. The van der Waals surface area contributed by atoms with E-state index in [2.05, 4.69) is 93.2 Å². The Morgan fingerprint density at radius 2 is 1.94 bits per heavy atom. The number of anilines is 1. The molecule has 0 atom stereocenters. The molecule has 0 aliphatic rings. The van der Waals surface area contributed by atoms with Gasteiger partial charge in [-0.25, -0.2) is 0 Å². The highest BCUT2D eigenvalue weighted by Crippen LogP contribution is 2.25. The molecule has 0 fully saturated rings. The second-order valence-electron chi connectivity index (χ2n) is 3.90. The van der Waals surface area contributed by atoms with E-state index in [0.29, 0.717) is 0 Å². The molecule has 0 saturated carbocycles. The molecule has 0 unspecified atom stereocenters. The molecule has 0 aliphatic carbocycles. The molecular formula is C14H13BrIN. The van der Waals surface area contributed by atoms with E-state index in [4.69, 9.17) is 0 Å². The summed E-state index contributed by atoms with van der Waals surface area (Å²) in [7, 11) is 0. The first kappa shape index (κ1) is 12.9. The molecule has 0 heterocycles. The number of aryl methyl sites for hydroxylation is 1. The predicted molar refractivity (Wildman–Crippen MR) is 85.4 cm³/mol. The maximum absolute atomic E-state index is 3.57. The van der Waals surface area contributed by atoms with E-state index in [1.807, 2.05) is 0 Å². The average molecular weight is 402 g/mol. The van der Waals surface area contributed by atoms with E-state index < -0.39 is 0 Å². The fraction of sp³-hybridized carbons (Fsp3) is 0.143. The molecule has 17 heavy (non-hydrogen) atoms. The molecule has 88 valence electrons. The van der Waals surface area contributed by atoms with Crippen molar-refractivity contribution in [2.75, 3.05) is 5.32 Å². The quantitative estimate of drug-likeness (QED) is 0.715. The minimum atomic E-state index is 0.853. The molecule has 2 aromatic rings. The van der Waals surface area contributed by atoms with Crippen LogP contribution in [-0.2, 0) is 6.54 Å². The summed E-state index contributed by atoms with van der Waals surface area (Å²) < 4.78 is 2.34. The summed E-state index contributed by atoms with van der Waals surface area (Å²) in [5.74, 6) is 0. The molecule has 1 nitrogen and oxygen atoms in total. The van der Waals surface area contributed by atoms with E-state index >= 15 is 0 Å². The Balaban J connectivity index is 2.10. The minimum Gasteiger partial charge on any atom is -0.380 e. The molecule has 0 saturated heterocycles. The Labute approximate surface area is 124 Å². The molecule has 0 aromatic heterocycles. The lowest BCUT2D eigenvalue weighted by molar-refractivity contribution is 1.12. The van der Waals surface area contributed by atoms with Gasteiger partial charge < -0.3 is 5.32 Å². The van der Waals surface area contributed by atoms with Crippen molar-refractivity contribution < 1.29 is 0 Å². The van der Waals surface area contributed by atoms with Crippen LogP contribution in [0.1, 0.15) is 11.1 Å². The molecule has 3 heteroatoms. The van der Waals surface area contributed by atoms with E-state index in [-0.39, 0.29) is 0 Å². The van der Waals surface area contributed by atoms with Gasteiger partial charge in [-0.1, -0.05) is 24.3 Å². The van der Waals surface area contributed by atoms with Gasteiger partial charge in [0.2, 0.25) is 0 Å². The van der Waals surface area contributed by atoms with Crippen molar-refractivity contribution >= 4 is 44.2 Å². The SMILES string of the molecule is Cc1ccccc1CNc1ccc(I)cc1Br. The van der Waals surface area contributed by atoms with Gasteiger partial charge in [-0.15, -0.1) is 0 Å². The molecule has 2 rings (SSSR count). The van der Waals surface area contributed by atoms with Crippen LogP contribution in [0.2, 0.25) is 0 Å². The van der Waals surface area contributed by atoms with Gasteiger partial charge in [0.15, 0.2) is 0 Å². The van der Waals surface area contributed by atoms with Gasteiger partial charge in [-0.3, -0.25) is 0 Å². The number of halogens is 2. The standard InChI is InChI=1S/C14H13BrIN/c1-10-4-2-3-5-11(10)9-17-14-7-6-12(16)8-13(14)15/h2-8,17H,9H2,1H3. The largest absolute Gasteiger partial charge is 0.380 e. The van der Waals surface area contributed by atoms with Crippen molar-refractivity contribution in [2.24, 2.45) is 0 Å². The lowest BCUT2D eigenvalue weighted by Gasteiger charge is -2.10. The summed E-state index contributed by atoms with van der Waals surface area (Å²) >= 11 is 5.88. The van der Waals surface area contributed by atoms with E-state index in [1.165, 1.54) is 14.7 Å². The Kier molecular flexibility index (Phi) is 4.45. The fourth-order valence-corrected chi connectivity index (χ4v) is 3.07. The molecule has 0 amide bonds. The van der Waals surface area contributed by atoms with Crippen molar-refractivity contribution in [3.8, 4) is 0 Å². The first-order chi connectivity index (χ1) is 8.16. The first-order valence-electron chi connectivity index (χ1n) is 5.40. The fourth-order valence-electron chi connectivity index (χ4n) is 1.63. The number of rotatable bonds is 3. The Bertz CT molecular complexity index is 525. The van der Waals surface area contributed by atoms with Crippen molar-refractivity contribution in [2.45, 2.75) is 13.5 Å². The average Bonchev–Trinajstić information content (AvgIpc) is 2.30. The van der Waals surface area contributed by atoms with Gasteiger partial charge in [0.25, 0.3) is 0 Å². The Hall–Kier alpha value is -0.550. The molecule has 1 N–H and O–H groups in total. The molecule has 0 bridgehead atoms. The van der Waals surface area contributed by atoms with E-state index in [1.54, 1.807) is 0 Å². The minimum absolute atomic E-state index is 0.853. The summed E-state index contributed by atoms with van der Waals surface area (Å²) in [5.41, 5.74) is 3.79. The van der Waals surface area contributed by atoms with Crippen LogP contribution < -0.4 is 5.32 Å². The van der Waals surface area contributed by atoms with Crippen LogP contribution in [0.3, 0.4) is 0 Å². The Morgan fingerprint density at radius 3 is 2.65 bits per heavy atom. The van der Waals surface area contributed by atoms with Crippen molar-refractivity contribution in [1.29, 1.82) is 0 Å². The lowest BCUT2D eigenvalue weighted by atomic mass is 10.1. The van der Waals surface area contributed by atoms with Crippen LogP contribution in [0.15, 0.2) is 46.9 Å². The summed E-state index contributed by atoms with van der Waals surface area (Å²) in [6, 6.07) is 14.8. The summed E-state index contributed by atoms with van der Waals surface area (Å²) in [6.07, 6.45) is 0. The van der Waals surface area contributed by atoms with Gasteiger partial charge in [0, 0.05) is 20.3 Å². The van der Waals surface area contributed by atoms with Crippen molar-refractivity contribution in [3.05, 3.63) is 61.6 Å². The highest BCUT2D eigenvalue weighted by molar-refractivity contribution is 14.1. The summed E-state index contributed by atoms with van der Waals surface area (Å²) in [4.78, 5) is 0. The molecule has 0 radical (unpaired) electrons. The van der Waals surface area contributed by atoms with Gasteiger partial charge in [0.1, 0.15) is 0 Å². The number of hydrogen-bond donors (Lipinski definition) is 1. The van der Waals surface area contributed by atoms with Gasteiger partial charge in [-0.2, -0.15) is 0 Å². The second-order valence-corrected chi connectivity index (χ2v) is 6.00. The van der Waals surface area contributed by atoms with Crippen LogP contribution in [0.4, 0.5) is 5.69 Å². The summed E-state index contributed by atoms with van der Waals surface area (Å²) in [6.45, 7) is 2.99. The molecular weight excluding hydrogens is 389 g/mol. The third-order valence-electron chi connectivity index (χ3n) is 2.66. The third-order valence-corrected chi connectivity index (χ3v) is 3.99. The van der Waals surface area contributed by atoms with Crippen molar-refractivity contribution in [3.63, 3.8) is 0 Å². The summed E-state index contributed by atoms with van der Waals surface area (Å²) in [5, 5.41) is 3.45. The second kappa shape index (κ2) is 5.87. The van der Waals surface area contributed by atoms with Crippen LogP contribution in [0, 0.1) is 10.5 Å². The maximum atomic E-state index is 3.57. The highest BCUT2D eigenvalue weighted by atomic mass is 127. The van der Waals surface area contributed by atoms with E-state index in [9.17, 15) is 0 Å². The van der Waals surface area contributed by atoms with Crippen LogP contribution in [0.5, 0.6) is 0 Å². The zero-order valence-electron chi connectivity index (χ0n) is 9.50. The van der Waals surface area contributed by atoms with Gasteiger partial charge >= 0.3 is 0 Å². The monoisotopic (exact) mass is 401 g/mol. The lowest BCUT2D eigenvalue weighted by Crippen LogP contribution is -2.01. The number of benzene rings is 2. The number of nitrogens with one attached hydrogen (secondary N) is 1. The first-order valence-corrected chi connectivity index (χ1v) is 7.27. The highest BCUT2D eigenvalue weighted by Gasteiger charge is 2.01. The topological polar surface area (TPSA) is 12.0 Å².